The summed E-state index contributed by atoms with van der Waals surface area (Å²) in [5, 5.41) is 0. The number of ether oxygens (including phenoxy) is 3. The number of carbonyl (C=O) groups is 2. The van der Waals surface area contributed by atoms with Crippen LogP contribution in [-0.4, -0.2) is 74.2 Å². The van der Waals surface area contributed by atoms with Gasteiger partial charge in [0, 0.05) is 6.54 Å². The number of Topliss-reactive ketones (excluding diaryl/α,β-unsaturated/α-hetero) is 1. The molecule has 192 valence electrons. The summed E-state index contributed by atoms with van der Waals surface area (Å²) in [4.78, 5) is 31.1. The van der Waals surface area contributed by atoms with Crippen molar-refractivity contribution >= 4 is 11.7 Å². The van der Waals surface area contributed by atoms with Crippen LogP contribution in [0.4, 0.5) is 4.39 Å². The highest BCUT2D eigenvalue weighted by Crippen LogP contribution is 2.48. The number of ketones is 1. The zero-order valence-corrected chi connectivity index (χ0v) is 21.2. The maximum atomic E-state index is 14.2. The van der Waals surface area contributed by atoms with Crippen molar-refractivity contribution in [3.63, 3.8) is 0 Å². The first kappa shape index (κ1) is 25.5. The quantitative estimate of drug-likeness (QED) is 0.495. The van der Waals surface area contributed by atoms with E-state index in [1.54, 1.807) is 4.90 Å². The van der Waals surface area contributed by atoms with Crippen molar-refractivity contribution in [2.45, 2.75) is 64.3 Å². The molecule has 0 aromatic heterocycles. The van der Waals surface area contributed by atoms with Gasteiger partial charge >= 0.3 is 0 Å². The summed E-state index contributed by atoms with van der Waals surface area (Å²) < 4.78 is 32.1. The molecule has 1 aliphatic carbocycles. The van der Waals surface area contributed by atoms with Gasteiger partial charge in [0.1, 0.15) is 12.3 Å². The molecule has 1 amide bonds. The number of rotatable bonds is 10. The van der Waals surface area contributed by atoms with E-state index < -0.39 is 24.2 Å². The minimum Gasteiger partial charge on any atom is -0.490 e. The number of hydrogen-bond acceptors (Lipinski definition) is 6. The third-order valence-electron chi connectivity index (χ3n) is 6.93. The van der Waals surface area contributed by atoms with E-state index in [1.165, 1.54) is 0 Å². The molecule has 0 bridgehead atoms. The third kappa shape index (κ3) is 5.17. The van der Waals surface area contributed by atoms with Gasteiger partial charge in [0.05, 0.1) is 30.7 Å². The lowest BCUT2D eigenvalue weighted by Gasteiger charge is -2.36. The average Bonchev–Trinajstić information content (AvgIpc) is 3.10. The van der Waals surface area contributed by atoms with Crippen LogP contribution < -0.4 is 9.47 Å². The molecule has 4 rings (SSSR count). The van der Waals surface area contributed by atoms with Gasteiger partial charge in [-0.1, -0.05) is 13.0 Å². The Bertz CT molecular complexity index is 978. The molecular formula is C27H37FN2O5. The SMILES string of the molecule is CCCOc1ccc(C2C3=C(OC4CCC(F)CC4C3=O)C(=O)N2CCCN(C)C)cc1OCC. The van der Waals surface area contributed by atoms with Gasteiger partial charge in [0.25, 0.3) is 5.91 Å². The van der Waals surface area contributed by atoms with Crippen molar-refractivity contribution in [3.05, 3.63) is 35.1 Å². The van der Waals surface area contributed by atoms with Crippen LogP contribution in [0.25, 0.3) is 0 Å². The molecule has 1 aromatic rings. The molecule has 1 fully saturated rings. The fraction of sp³-hybridized carbons (Fsp3) is 0.630. The molecule has 2 aliphatic heterocycles. The molecule has 2 heterocycles. The lowest BCUT2D eigenvalue weighted by molar-refractivity contribution is -0.136. The van der Waals surface area contributed by atoms with Crippen LogP contribution in [0.15, 0.2) is 29.5 Å². The summed E-state index contributed by atoms with van der Waals surface area (Å²) in [7, 11) is 3.97. The molecule has 4 atom stereocenters. The van der Waals surface area contributed by atoms with E-state index >= 15 is 0 Å². The Hall–Kier alpha value is -2.61. The molecule has 7 nitrogen and oxygen atoms in total. The molecule has 1 aromatic carbocycles. The number of carbonyl (C=O) groups excluding carboxylic acids is 2. The topological polar surface area (TPSA) is 68.3 Å². The van der Waals surface area contributed by atoms with Gasteiger partial charge in [-0.3, -0.25) is 9.59 Å². The van der Waals surface area contributed by atoms with Crippen LogP contribution in [0.2, 0.25) is 0 Å². The summed E-state index contributed by atoms with van der Waals surface area (Å²) in [6, 6.07) is 5.00. The van der Waals surface area contributed by atoms with Crippen molar-refractivity contribution in [1.82, 2.24) is 9.80 Å². The van der Waals surface area contributed by atoms with E-state index in [9.17, 15) is 14.0 Å². The summed E-state index contributed by atoms with van der Waals surface area (Å²) in [5.41, 5.74) is 1.13. The Balaban J connectivity index is 1.73. The predicted molar refractivity (Wildman–Crippen MR) is 130 cm³/mol. The minimum absolute atomic E-state index is 0.146. The summed E-state index contributed by atoms with van der Waals surface area (Å²) >= 11 is 0. The molecule has 8 heteroatoms. The van der Waals surface area contributed by atoms with Crippen LogP contribution in [-0.2, 0) is 14.3 Å². The van der Waals surface area contributed by atoms with Gasteiger partial charge in [-0.2, -0.15) is 0 Å². The van der Waals surface area contributed by atoms with Crippen molar-refractivity contribution in [2.24, 2.45) is 5.92 Å². The van der Waals surface area contributed by atoms with Crippen LogP contribution in [0, 0.1) is 5.92 Å². The normalized spacial score (nSPS) is 26.1. The number of amides is 1. The number of fused-ring (bicyclic) bond motifs is 1. The summed E-state index contributed by atoms with van der Waals surface area (Å²) in [5.74, 6) is 0.393. The van der Waals surface area contributed by atoms with Crippen molar-refractivity contribution in [1.29, 1.82) is 0 Å². The second-order valence-corrected chi connectivity index (χ2v) is 9.83. The van der Waals surface area contributed by atoms with E-state index in [2.05, 4.69) is 4.90 Å². The number of halogens is 1. The van der Waals surface area contributed by atoms with Gasteiger partial charge < -0.3 is 24.0 Å². The number of nitrogens with zero attached hydrogens (tertiary/aromatic N) is 2. The van der Waals surface area contributed by atoms with Gasteiger partial charge in [0.2, 0.25) is 0 Å². The van der Waals surface area contributed by atoms with E-state index in [4.69, 9.17) is 14.2 Å². The molecule has 3 aliphatic rings. The van der Waals surface area contributed by atoms with E-state index in [1.807, 2.05) is 46.1 Å². The number of benzene rings is 1. The van der Waals surface area contributed by atoms with Crippen LogP contribution in [0.1, 0.15) is 57.6 Å². The lowest BCUT2D eigenvalue weighted by Crippen LogP contribution is -2.42. The molecule has 0 saturated heterocycles. The van der Waals surface area contributed by atoms with Gasteiger partial charge in [-0.15, -0.1) is 0 Å². The first-order valence-corrected chi connectivity index (χ1v) is 12.8. The van der Waals surface area contributed by atoms with Crippen molar-refractivity contribution < 1.29 is 28.2 Å². The van der Waals surface area contributed by atoms with E-state index in [-0.39, 0.29) is 23.9 Å². The third-order valence-corrected chi connectivity index (χ3v) is 6.93. The Morgan fingerprint density at radius 2 is 1.94 bits per heavy atom. The fourth-order valence-corrected chi connectivity index (χ4v) is 5.29. The zero-order valence-electron chi connectivity index (χ0n) is 21.2. The Labute approximate surface area is 207 Å². The van der Waals surface area contributed by atoms with Crippen LogP contribution in [0.5, 0.6) is 11.5 Å². The molecule has 35 heavy (non-hydrogen) atoms. The Kier molecular flexibility index (Phi) is 7.99. The second kappa shape index (κ2) is 11.0. The highest BCUT2D eigenvalue weighted by Gasteiger charge is 2.52. The highest BCUT2D eigenvalue weighted by atomic mass is 19.1. The zero-order chi connectivity index (χ0) is 25.1. The highest BCUT2D eigenvalue weighted by molar-refractivity contribution is 6.11. The predicted octanol–water partition coefficient (Wildman–Crippen LogP) is 4.07. The average molecular weight is 489 g/mol. The van der Waals surface area contributed by atoms with Crippen molar-refractivity contribution in [2.75, 3.05) is 40.4 Å². The first-order chi connectivity index (χ1) is 16.8. The lowest BCUT2D eigenvalue weighted by atomic mass is 9.77. The Morgan fingerprint density at radius 3 is 2.66 bits per heavy atom. The molecule has 0 radical (unpaired) electrons. The van der Waals surface area contributed by atoms with Crippen LogP contribution in [0.3, 0.4) is 0 Å². The van der Waals surface area contributed by atoms with Crippen LogP contribution >= 0.6 is 0 Å². The maximum Gasteiger partial charge on any atom is 0.290 e. The standard InChI is InChI=1S/C27H37FN2O5/c1-5-14-34-21-10-8-17(15-22(21)33-6-2)24-23-25(31)19-16-18(28)9-11-20(19)35-26(23)27(32)30(24)13-7-12-29(3)4/h8,10,15,18-20,24H,5-7,9,11-14,16H2,1-4H3. The molecule has 0 spiro atoms. The van der Waals surface area contributed by atoms with E-state index in [0.717, 1.165) is 24.9 Å². The maximum absolute atomic E-state index is 14.2. The minimum atomic E-state index is -1.02. The fourth-order valence-electron chi connectivity index (χ4n) is 5.29. The number of alkyl halides is 1. The van der Waals surface area contributed by atoms with Gasteiger partial charge in [-0.25, -0.2) is 4.39 Å². The van der Waals surface area contributed by atoms with Crippen molar-refractivity contribution in [3.8, 4) is 11.5 Å². The smallest absolute Gasteiger partial charge is 0.290 e. The summed E-state index contributed by atoms with van der Waals surface area (Å²) in [6.45, 7) is 6.24. The largest absolute Gasteiger partial charge is 0.490 e. The Morgan fingerprint density at radius 1 is 1.14 bits per heavy atom. The number of hydrogen-bond donors (Lipinski definition) is 0. The monoisotopic (exact) mass is 488 g/mol. The van der Waals surface area contributed by atoms with Gasteiger partial charge in [0.15, 0.2) is 23.0 Å². The van der Waals surface area contributed by atoms with E-state index in [0.29, 0.717) is 49.7 Å². The molecular weight excluding hydrogens is 451 g/mol. The molecule has 4 unspecified atom stereocenters. The van der Waals surface area contributed by atoms with Gasteiger partial charge in [-0.05, 0) is 77.4 Å². The second-order valence-electron chi connectivity index (χ2n) is 9.83. The summed E-state index contributed by atoms with van der Waals surface area (Å²) in [6.07, 6.45) is 1.13. The first-order valence-electron chi connectivity index (χ1n) is 12.8. The molecule has 0 N–H and O–H groups in total. The molecule has 1 saturated carbocycles.